The van der Waals surface area contributed by atoms with Crippen LogP contribution in [0, 0.1) is 0 Å². The number of nitrogens with zero attached hydrogens (tertiary/aromatic N) is 1. The van der Waals surface area contributed by atoms with Crippen molar-refractivity contribution in [3.63, 3.8) is 0 Å². The van der Waals surface area contributed by atoms with E-state index < -0.39 is 0 Å². The Morgan fingerprint density at radius 1 is 1.35 bits per heavy atom. The third-order valence-electron chi connectivity index (χ3n) is 3.09. The maximum Gasteiger partial charge on any atom is 0.257 e. The zero-order valence-electron chi connectivity index (χ0n) is 11.4. The van der Waals surface area contributed by atoms with Crippen molar-refractivity contribution in [2.24, 2.45) is 0 Å². The summed E-state index contributed by atoms with van der Waals surface area (Å²) in [5, 5.41) is 4.04. The molecule has 0 aliphatic carbocycles. The fourth-order valence-corrected chi connectivity index (χ4v) is 2.66. The van der Waals surface area contributed by atoms with Gasteiger partial charge in [-0.3, -0.25) is 4.79 Å². The third-order valence-corrected chi connectivity index (χ3v) is 3.59. The summed E-state index contributed by atoms with van der Waals surface area (Å²) in [6.07, 6.45) is 0.847. The number of hydrogen-bond donors (Lipinski definition) is 1. The van der Waals surface area contributed by atoms with Gasteiger partial charge in [0.05, 0.1) is 17.2 Å². The lowest BCUT2D eigenvalue weighted by atomic mass is 10.1. The molecule has 20 heavy (non-hydrogen) atoms. The van der Waals surface area contributed by atoms with Gasteiger partial charge < -0.3 is 15.0 Å². The Hall–Kier alpha value is -0.970. The molecule has 1 fully saturated rings. The SMILES string of the molecule is CCCOc1c(Cl)cc(Cl)cc1C(=O)N1CCNCC1. The fraction of sp³-hybridized carbons (Fsp3) is 0.500. The molecular weight excluding hydrogens is 299 g/mol. The first-order chi connectivity index (χ1) is 9.63. The minimum absolute atomic E-state index is 0.0815. The van der Waals surface area contributed by atoms with E-state index in [-0.39, 0.29) is 5.91 Å². The molecule has 6 heteroatoms. The van der Waals surface area contributed by atoms with Crippen LogP contribution in [-0.2, 0) is 0 Å². The van der Waals surface area contributed by atoms with E-state index >= 15 is 0 Å². The molecule has 4 nitrogen and oxygen atoms in total. The van der Waals surface area contributed by atoms with E-state index in [0.717, 1.165) is 19.5 Å². The zero-order chi connectivity index (χ0) is 14.5. The van der Waals surface area contributed by atoms with E-state index in [1.54, 1.807) is 17.0 Å². The molecule has 1 amide bonds. The van der Waals surface area contributed by atoms with Crippen LogP contribution in [0.4, 0.5) is 0 Å². The Morgan fingerprint density at radius 2 is 2.05 bits per heavy atom. The van der Waals surface area contributed by atoms with Crippen molar-refractivity contribution in [1.29, 1.82) is 0 Å². The number of rotatable bonds is 4. The Balaban J connectivity index is 2.30. The van der Waals surface area contributed by atoms with Gasteiger partial charge in [-0.25, -0.2) is 0 Å². The van der Waals surface area contributed by atoms with Gasteiger partial charge in [0.25, 0.3) is 5.91 Å². The van der Waals surface area contributed by atoms with Gasteiger partial charge >= 0.3 is 0 Å². The van der Waals surface area contributed by atoms with Crippen LogP contribution in [-0.4, -0.2) is 43.6 Å². The molecule has 0 bridgehead atoms. The number of amides is 1. The smallest absolute Gasteiger partial charge is 0.257 e. The molecule has 0 radical (unpaired) electrons. The number of carbonyl (C=O) groups is 1. The van der Waals surface area contributed by atoms with Crippen LogP contribution in [0.1, 0.15) is 23.7 Å². The zero-order valence-corrected chi connectivity index (χ0v) is 12.9. The van der Waals surface area contributed by atoms with Crippen LogP contribution >= 0.6 is 23.2 Å². The predicted octanol–water partition coefficient (Wildman–Crippen LogP) is 2.83. The molecule has 0 saturated carbocycles. The summed E-state index contributed by atoms with van der Waals surface area (Å²) in [7, 11) is 0. The van der Waals surface area contributed by atoms with Gasteiger partial charge in [0, 0.05) is 31.2 Å². The highest BCUT2D eigenvalue weighted by molar-refractivity contribution is 6.36. The first kappa shape index (κ1) is 15.4. The number of carbonyl (C=O) groups excluding carboxylic acids is 1. The Labute approximate surface area is 129 Å². The summed E-state index contributed by atoms with van der Waals surface area (Å²) in [4.78, 5) is 14.4. The fourth-order valence-electron chi connectivity index (χ4n) is 2.11. The number of hydrogen-bond acceptors (Lipinski definition) is 3. The number of halogens is 2. The minimum atomic E-state index is -0.0815. The average Bonchev–Trinajstić information content (AvgIpc) is 2.46. The van der Waals surface area contributed by atoms with Crippen molar-refractivity contribution >= 4 is 29.1 Å². The maximum absolute atomic E-state index is 12.6. The summed E-state index contributed by atoms with van der Waals surface area (Å²) >= 11 is 12.2. The molecule has 1 aliphatic rings. The second kappa shape index (κ2) is 7.16. The topological polar surface area (TPSA) is 41.6 Å². The Bertz CT molecular complexity index is 488. The van der Waals surface area contributed by atoms with Gasteiger partial charge in [0.2, 0.25) is 0 Å². The van der Waals surface area contributed by atoms with Gasteiger partial charge in [-0.05, 0) is 18.6 Å². The Morgan fingerprint density at radius 3 is 2.70 bits per heavy atom. The normalized spacial score (nSPS) is 15.2. The number of piperazine rings is 1. The first-order valence-electron chi connectivity index (χ1n) is 6.75. The van der Waals surface area contributed by atoms with Crippen molar-refractivity contribution in [1.82, 2.24) is 10.2 Å². The summed E-state index contributed by atoms with van der Waals surface area (Å²) < 4.78 is 5.63. The molecule has 0 unspecified atom stereocenters. The minimum Gasteiger partial charge on any atom is -0.491 e. The van der Waals surface area contributed by atoms with Crippen LogP contribution in [0.5, 0.6) is 5.75 Å². The highest BCUT2D eigenvalue weighted by atomic mass is 35.5. The van der Waals surface area contributed by atoms with Gasteiger partial charge in [-0.2, -0.15) is 0 Å². The van der Waals surface area contributed by atoms with Gasteiger partial charge in [0.15, 0.2) is 5.75 Å². The first-order valence-corrected chi connectivity index (χ1v) is 7.51. The van der Waals surface area contributed by atoms with Crippen LogP contribution in [0.25, 0.3) is 0 Å². The molecule has 110 valence electrons. The van der Waals surface area contributed by atoms with Gasteiger partial charge in [-0.1, -0.05) is 30.1 Å². The molecule has 2 rings (SSSR count). The quantitative estimate of drug-likeness (QED) is 0.928. The van der Waals surface area contributed by atoms with Crippen molar-refractivity contribution < 1.29 is 9.53 Å². The maximum atomic E-state index is 12.6. The Kier molecular flexibility index (Phi) is 5.52. The molecule has 0 spiro atoms. The summed E-state index contributed by atoms with van der Waals surface area (Å²) in [5.74, 6) is 0.350. The summed E-state index contributed by atoms with van der Waals surface area (Å²) in [5.41, 5.74) is 0.442. The van der Waals surface area contributed by atoms with E-state index in [1.807, 2.05) is 6.92 Å². The second-order valence-corrected chi connectivity index (χ2v) is 5.50. The standard InChI is InChI=1S/C14H18Cl2N2O2/c1-2-7-20-13-11(8-10(15)9-12(13)16)14(19)18-5-3-17-4-6-18/h8-9,17H,2-7H2,1H3. The lowest BCUT2D eigenvalue weighted by Crippen LogP contribution is -2.46. The van der Waals surface area contributed by atoms with Crippen molar-refractivity contribution in [2.75, 3.05) is 32.8 Å². The van der Waals surface area contributed by atoms with Crippen molar-refractivity contribution in [3.05, 3.63) is 27.7 Å². The average molecular weight is 317 g/mol. The van der Waals surface area contributed by atoms with E-state index in [0.29, 0.717) is 41.1 Å². The summed E-state index contributed by atoms with van der Waals surface area (Å²) in [6.45, 7) is 5.47. The van der Waals surface area contributed by atoms with E-state index in [1.165, 1.54) is 0 Å². The van der Waals surface area contributed by atoms with Gasteiger partial charge in [-0.15, -0.1) is 0 Å². The van der Waals surface area contributed by atoms with Crippen LogP contribution in [0.15, 0.2) is 12.1 Å². The van der Waals surface area contributed by atoms with Gasteiger partial charge in [0.1, 0.15) is 0 Å². The molecule has 1 heterocycles. The third kappa shape index (κ3) is 3.57. The molecule has 1 aromatic rings. The molecule has 0 atom stereocenters. The molecular formula is C14H18Cl2N2O2. The van der Waals surface area contributed by atoms with Crippen LogP contribution in [0.2, 0.25) is 10.0 Å². The van der Waals surface area contributed by atoms with Crippen molar-refractivity contribution in [2.45, 2.75) is 13.3 Å². The molecule has 1 N–H and O–H groups in total. The number of ether oxygens (including phenoxy) is 1. The molecule has 1 saturated heterocycles. The number of nitrogens with one attached hydrogen (secondary N) is 1. The predicted molar refractivity (Wildman–Crippen MR) is 81.0 cm³/mol. The highest BCUT2D eigenvalue weighted by Crippen LogP contribution is 2.33. The van der Waals surface area contributed by atoms with E-state index in [2.05, 4.69) is 5.32 Å². The molecule has 1 aromatic carbocycles. The molecule has 1 aliphatic heterocycles. The van der Waals surface area contributed by atoms with Crippen LogP contribution < -0.4 is 10.1 Å². The number of benzene rings is 1. The monoisotopic (exact) mass is 316 g/mol. The van der Waals surface area contributed by atoms with E-state index in [9.17, 15) is 4.79 Å². The molecule has 0 aromatic heterocycles. The van der Waals surface area contributed by atoms with E-state index in [4.69, 9.17) is 27.9 Å². The summed E-state index contributed by atoms with van der Waals surface area (Å²) in [6, 6.07) is 3.23. The van der Waals surface area contributed by atoms with Crippen LogP contribution in [0.3, 0.4) is 0 Å². The lowest BCUT2D eigenvalue weighted by Gasteiger charge is -2.28. The lowest BCUT2D eigenvalue weighted by molar-refractivity contribution is 0.0731. The highest BCUT2D eigenvalue weighted by Gasteiger charge is 2.23. The largest absolute Gasteiger partial charge is 0.491 e. The second-order valence-electron chi connectivity index (χ2n) is 4.65. The van der Waals surface area contributed by atoms with Crippen molar-refractivity contribution in [3.8, 4) is 5.75 Å².